The minimum absolute atomic E-state index is 0.237. The summed E-state index contributed by atoms with van der Waals surface area (Å²) in [7, 11) is 1.37. The highest BCUT2D eigenvalue weighted by atomic mass is 16.6. The molecule has 0 aromatic heterocycles. The number of esters is 1. The summed E-state index contributed by atoms with van der Waals surface area (Å²) in [6.45, 7) is 1.79. The molecule has 0 saturated carbocycles. The van der Waals surface area contributed by atoms with E-state index in [-0.39, 0.29) is 18.0 Å². The van der Waals surface area contributed by atoms with Gasteiger partial charge >= 0.3 is 5.97 Å². The largest absolute Gasteiger partial charge is 0.469 e. The van der Waals surface area contributed by atoms with Crippen molar-refractivity contribution in [2.75, 3.05) is 7.11 Å². The standard InChI is InChI=1S/C12H17NO3/c1-9(12(14)15-2)8-11(16-13)10-6-4-3-5-7-10/h3-7,9,11H,8,13H2,1-2H3. The predicted molar refractivity (Wildman–Crippen MR) is 60.3 cm³/mol. The third-order valence-electron chi connectivity index (χ3n) is 2.51. The molecule has 2 N–H and O–H groups in total. The van der Waals surface area contributed by atoms with Crippen molar-refractivity contribution in [3.05, 3.63) is 35.9 Å². The maximum absolute atomic E-state index is 11.3. The average molecular weight is 223 g/mol. The van der Waals surface area contributed by atoms with Crippen LogP contribution < -0.4 is 5.90 Å². The summed E-state index contributed by atoms with van der Waals surface area (Å²) in [5, 5.41) is 0. The second-order valence-electron chi connectivity index (χ2n) is 3.70. The van der Waals surface area contributed by atoms with E-state index in [1.807, 2.05) is 30.3 Å². The monoisotopic (exact) mass is 223 g/mol. The van der Waals surface area contributed by atoms with E-state index in [4.69, 9.17) is 10.7 Å². The van der Waals surface area contributed by atoms with Gasteiger partial charge in [0.1, 0.15) is 6.10 Å². The van der Waals surface area contributed by atoms with Gasteiger partial charge in [-0.2, -0.15) is 0 Å². The van der Waals surface area contributed by atoms with E-state index < -0.39 is 0 Å². The minimum atomic E-state index is -0.282. The molecule has 0 heterocycles. The van der Waals surface area contributed by atoms with Crippen molar-refractivity contribution in [2.45, 2.75) is 19.4 Å². The van der Waals surface area contributed by atoms with E-state index in [9.17, 15) is 4.79 Å². The van der Waals surface area contributed by atoms with Crippen molar-refractivity contribution in [1.82, 2.24) is 0 Å². The Morgan fingerprint density at radius 1 is 1.38 bits per heavy atom. The first-order valence-electron chi connectivity index (χ1n) is 5.17. The van der Waals surface area contributed by atoms with Gasteiger partial charge in [0.2, 0.25) is 0 Å². The van der Waals surface area contributed by atoms with Gasteiger partial charge in [0.25, 0.3) is 0 Å². The van der Waals surface area contributed by atoms with E-state index in [1.165, 1.54) is 7.11 Å². The van der Waals surface area contributed by atoms with Crippen LogP contribution in [0.25, 0.3) is 0 Å². The molecule has 1 aromatic carbocycles. The first-order chi connectivity index (χ1) is 7.69. The molecule has 0 spiro atoms. The number of nitrogens with two attached hydrogens (primary N) is 1. The molecule has 1 aromatic rings. The topological polar surface area (TPSA) is 61.5 Å². The van der Waals surface area contributed by atoms with Crippen LogP contribution in [-0.4, -0.2) is 13.1 Å². The second kappa shape index (κ2) is 6.25. The van der Waals surface area contributed by atoms with Gasteiger partial charge < -0.3 is 4.74 Å². The Bertz CT molecular complexity index is 326. The number of methoxy groups -OCH3 is 1. The summed E-state index contributed by atoms with van der Waals surface area (Å²) in [6, 6.07) is 9.57. The lowest BCUT2D eigenvalue weighted by Gasteiger charge is -2.17. The number of hydrogen-bond acceptors (Lipinski definition) is 4. The summed E-state index contributed by atoms with van der Waals surface area (Å²) in [5.74, 6) is 4.75. The van der Waals surface area contributed by atoms with Gasteiger partial charge in [-0.1, -0.05) is 37.3 Å². The molecule has 88 valence electrons. The van der Waals surface area contributed by atoms with E-state index in [2.05, 4.69) is 4.74 Å². The Kier molecular flexibility index (Phi) is 4.95. The van der Waals surface area contributed by atoms with Crippen LogP contribution in [0.3, 0.4) is 0 Å². The van der Waals surface area contributed by atoms with Crippen LogP contribution in [0.5, 0.6) is 0 Å². The number of carbonyl (C=O) groups excluding carboxylic acids is 1. The Morgan fingerprint density at radius 2 is 2.00 bits per heavy atom. The van der Waals surface area contributed by atoms with Gasteiger partial charge in [-0.25, -0.2) is 5.90 Å². The van der Waals surface area contributed by atoms with Crippen LogP contribution in [-0.2, 0) is 14.4 Å². The maximum Gasteiger partial charge on any atom is 0.308 e. The lowest BCUT2D eigenvalue weighted by molar-refractivity contribution is -0.146. The summed E-state index contributed by atoms with van der Waals surface area (Å²) in [4.78, 5) is 16.2. The third kappa shape index (κ3) is 3.32. The zero-order chi connectivity index (χ0) is 12.0. The molecule has 0 fully saturated rings. The van der Waals surface area contributed by atoms with Gasteiger partial charge in [0, 0.05) is 0 Å². The van der Waals surface area contributed by atoms with Crippen LogP contribution in [0.4, 0.5) is 0 Å². The number of hydrogen-bond donors (Lipinski definition) is 1. The zero-order valence-corrected chi connectivity index (χ0v) is 9.55. The molecular formula is C12H17NO3. The normalized spacial score (nSPS) is 14.2. The Labute approximate surface area is 95.3 Å². The molecule has 4 heteroatoms. The molecule has 0 aliphatic rings. The van der Waals surface area contributed by atoms with Gasteiger partial charge in [-0.15, -0.1) is 0 Å². The highest BCUT2D eigenvalue weighted by Gasteiger charge is 2.20. The van der Waals surface area contributed by atoms with Crippen molar-refractivity contribution in [2.24, 2.45) is 11.8 Å². The van der Waals surface area contributed by atoms with E-state index in [1.54, 1.807) is 6.92 Å². The Balaban J connectivity index is 2.66. The molecule has 0 saturated heterocycles. The molecule has 4 nitrogen and oxygen atoms in total. The van der Waals surface area contributed by atoms with Crippen molar-refractivity contribution in [3.8, 4) is 0 Å². The number of carbonyl (C=O) groups is 1. The SMILES string of the molecule is COC(=O)C(C)CC(ON)c1ccccc1. The fraction of sp³-hybridized carbons (Fsp3) is 0.417. The highest BCUT2D eigenvalue weighted by Crippen LogP contribution is 2.23. The molecule has 0 amide bonds. The van der Waals surface area contributed by atoms with Gasteiger partial charge in [0.05, 0.1) is 13.0 Å². The molecule has 1 rings (SSSR count). The molecule has 0 aliphatic heterocycles. The molecule has 16 heavy (non-hydrogen) atoms. The van der Waals surface area contributed by atoms with Crippen molar-refractivity contribution >= 4 is 5.97 Å². The van der Waals surface area contributed by atoms with Crippen molar-refractivity contribution < 1.29 is 14.4 Å². The third-order valence-corrected chi connectivity index (χ3v) is 2.51. The average Bonchev–Trinajstić information content (AvgIpc) is 2.35. The summed E-state index contributed by atoms with van der Waals surface area (Å²) < 4.78 is 4.66. The summed E-state index contributed by atoms with van der Waals surface area (Å²) in [6.07, 6.45) is 0.225. The van der Waals surface area contributed by atoms with Crippen molar-refractivity contribution in [1.29, 1.82) is 0 Å². The van der Waals surface area contributed by atoms with Crippen LogP contribution in [0.1, 0.15) is 25.0 Å². The zero-order valence-electron chi connectivity index (χ0n) is 9.55. The Hall–Kier alpha value is -1.39. The minimum Gasteiger partial charge on any atom is -0.469 e. The summed E-state index contributed by atoms with van der Waals surface area (Å²) in [5.41, 5.74) is 0.959. The van der Waals surface area contributed by atoms with Crippen LogP contribution in [0.2, 0.25) is 0 Å². The first kappa shape index (κ1) is 12.7. The van der Waals surface area contributed by atoms with Gasteiger partial charge in [-0.3, -0.25) is 9.63 Å². The molecule has 2 unspecified atom stereocenters. The van der Waals surface area contributed by atoms with Crippen LogP contribution in [0.15, 0.2) is 30.3 Å². The molecule has 2 atom stereocenters. The lowest BCUT2D eigenvalue weighted by Crippen LogP contribution is -2.19. The fourth-order valence-corrected chi connectivity index (χ4v) is 1.56. The van der Waals surface area contributed by atoms with E-state index >= 15 is 0 Å². The number of ether oxygens (including phenoxy) is 1. The van der Waals surface area contributed by atoms with Crippen LogP contribution >= 0.6 is 0 Å². The number of rotatable bonds is 5. The molecule has 0 aliphatic carbocycles. The second-order valence-corrected chi connectivity index (χ2v) is 3.70. The molecule has 0 bridgehead atoms. The smallest absolute Gasteiger partial charge is 0.308 e. The first-order valence-corrected chi connectivity index (χ1v) is 5.17. The quantitative estimate of drug-likeness (QED) is 0.611. The predicted octanol–water partition coefficient (Wildman–Crippen LogP) is 1.82. The Morgan fingerprint density at radius 3 is 2.50 bits per heavy atom. The van der Waals surface area contributed by atoms with Crippen molar-refractivity contribution in [3.63, 3.8) is 0 Å². The maximum atomic E-state index is 11.3. The molecular weight excluding hydrogens is 206 g/mol. The highest BCUT2D eigenvalue weighted by molar-refractivity contribution is 5.71. The lowest BCUT2D eigenvalue weighted by atomic mass is 9.98. The molecule has 0 radical (unpaired) electrons. The summed E-state index contributed by atoms with van der Waals surface area (Å²) >= 11 is 0. The fourth-order valence-electron chi connectivity index (χ4n) is 1.56. The van der Waals surface area contributed by atoms with E-state index in [0.29, 0.717) is 6.42 Å². The van der Waals surface area contributed by atoms with Gasteiger partial charge in [-0.05, 0) is 12.0 Å². The van der Waals surface area contributed by atoms with Gasteiger partial charge in [0.15, 0.2) is 0 Å². The number of benzene rings is 1. The van der Waals surface area contributed by atoms with E-state index in [0.717, 1.165) is 5.56 Å². The van der Waals surface area contributed by atoms with Crippen LogP contribution in [0, 0.1) is 5.92 Å².